The first-order valence-electron chi connectivity index (χ1n) is 5.54. The largest absolute Gasteiger partial charge is 0.481 e. The number of benzene rings is 1. The van der Waals surface area contributed by atoms with Crippen molar-refractivity contribution in [3.05, 3.63) is 35.1 Å². The van der Waals surface area contributed by atoms with Crippen molar-refractivity contribution in [3.8, 4) is 0 Å². The Hall–Kier alpha value is -1.42. The van der Waals surface area contributed by atoms with E-state index in [1.807, 2.05) is 0 Å². The van der Waals surface area contributed by atoms with Gasteiger partial charge in [-0.2, -0.15) is 0 Å². The quantitative estimate of drug-likeness (QED) is 0.829. The Morgan fingerprint density at radius 3 is 2.71 bits per heavy atom. The number of carboxylic acids is 1. The van der Waals surface area contributed by atoms with Gasteiger partial charge in [0.05, 0.1) is 5.41 Å². The van der Waals surface area contributed by atoms with E-state index in [4.69, 9.17) is 0 Å². The maximum Gasteiger partial charge on any atom is 0.312 e. The Morgan fingerprint density at radius 1 is 1.47 bits per heavy atom. The van der Waals surface area contributed by atoms with E-state index >= 15 is 0 Å². The Kier molecular flexibility index (Phi) is 2.51. The van der Waals surface area contributed by atoms with Gasteiger partial charge in [-0.25, -0.2) is 4.39 Å². The first-order chi connectivity index (χ1) is 7.79. The van der Waals surface area contributed by atoms with Crippen molar-refractivity contribution in [2.75, 3.05) is 0 Å². The number of halogens is 1. The molecule has 0 bridgehead atoms. The smallest absolute Gasteiger partial charge is 0.312 e. The predicted molar refractivity (Wildman–Crippen MR) is 60.0 cm³/mol. The average molecular weight is 238 g/mol. The second kappa shape index (κ2) is 3.53. The Bertz CT molecular complexity index is 482. The monoisotopic (exact) mass is 238 g/mol. The van der Waals surface area contributed by atoms with Crippen LogP contribution in [0, 0.1) is 11.2 Å². The molecule has 0 aliphatic heterocycles. The number of rotatable bonds is 2. The zero-order chi connectivity index (χ0) is 12.8. The molecule has 0 aromatic heterocycles. The predicted octanol–water partition coefficient (Wildman–Crippen LogP) is 2.07. The highest BCUT2D eigenvalue weighted by atomic mass is 19.1. The van der Waals surface area contributed by atoms with E-state index in [0.717, 1.165) is 0 Å². The fourth-order valence-corrected chi connectivity index (χ4v) is 2.45. The molecule has 17 heavy (non-hydrogen) atoms. The third-order valence-corrected chi connectivity index (χ3v) is 3.84. The van der Waals surface area contributed by atoms with Gasteiger partial charge in [-0.3, -0.25) is 4.79 Å². The standard InChI is InChI=1S/C13H15FO3/c1-12(2,11(15)16)13(17)6-5-8-7-9(14)3-4-10(8)13/h3-4,7,17H,5-6H2,1-2H3,(H,15,16). The minimum Gasteiger partial charge on any atom is -0.481 e. The molecule has 0 heterocycles. The first kappa shape index (κ1) is 12.0. The third-order valence-electron chi connectivity index (χ3n) is 3.84. The van der Waals surface area contributed by atoms with Gasteiger partial charge >= 0.3 is 5.97 Å². The van der Waals surface area contributed by atoms with Crippen molar-refractivity contribution in [1.82, 2.24) is 0 Å². The van der Waals surface area contributed by atoms with Gasteiger partial charge in [0.2, 0.25) is 0 Å². The van der Waals surface area contributed by atoms with Crippen LogP contribution in [0.1, 0.15) is 31.4 Å². The van der Waals surface area contributed by atoms with Crippen LogP contribution in [-0.2, 0) is 16.8 Å². The van der Waals surface area contributed by atoms with E-state index in [0.29, 0.717) is 24.0 Å². The molecule has 0 amide bonds. The van der Waals surface area contributed by atoms with Gasteiger partial charge in [0.15, 0.2) is 0 Å². The van der Waals surface area contributed by atoms with Gasteiger partial charge in [0.1, 0.15) is 11.4 Å². The van der Waals surface area contributed by atoms with Gasteiger partial charge in [-0.05, 0) is 49.9 Å². The highest BCUT2D eigenvalue weighted by molar-refractivity contribution is 5.76. The summed E-state index contributed by atoms with van der Waals surface area (Å²) in [6, 6.07) is 4.11. The van der Waals surface area contributed by atoms with Gasteiger partial charge in [0.25, 0.3) is 0 Å². The Labute approximate surface area is 98.9 Å². The number of aryl methyl sites for hydroxylation is 1. The van der Waals surface area contributed by atoms with E-state index in [1.165, 1.54) is 32.0 Å². The van der Waals surface area contributed by atoms with E-state index < -0.39 is 17.0 Å². The number of hydrogen-bond acceptors (Lipinski definition) is 2. The van der Waals surface area contributed by atoms with Crippen LogP contribution < -0.4 is 0 Å². The Morgan fingerprint density at radius 2 is 2.12 bits per heavy atom. The molecule has 1 aromatic carbocycles. The summed E-state index contributed by atoms with van der Waals surface area (Å²) >= 11 is 0. The molecular formula is C13H15FO3. The van der Waals surface area contributed by atoms with E-state index in [9.17, 15) is 19.4 Å². The number of carbonyl (C=O) groups is 1. The molecular weight excluding hydrogens is 223 g/mol. The average Bonchev–Trinajstić information content (AvgIpc) is 2.57. The van der Waals surface area contributed by atoms with Gasteiger partial charge in [-0.1, -0.05) is 6.07 Å². The van der Waals surface area contributed by atoms with Crippen LogP contribution in [0.3, 0.4) is 0 Å². The van der Waals surface area contributed by atoms with Crippen molar-refractivity contribution < 1.29 is 19.4 Å². The lowest BCUT2D eigenvalue weighted by atomic mass is 9.71. The molecule has 1 aromatic rings. The summed E-state index contributed by atoms with van der Waals surface area (Å²) < 4.78 is 13.1. The highest BCUT2D eigenvalue weighted by Gasteiger charge is 2.53. The molecule has 4 heteroatoms. The van der Waals surface area contributed by atoms with Crippen LogP contribution in [0.4, 0.5) is 4.39 Å². The van der Waals surface area contributed by atoms with Crippen molar-refractivity contribution >= 4 is 5.97 Å². The minimum absolute atomic E-state index is 0.311. The zero-order valence-electron chi connectivity index (χ0n) is 9.83. The number of aliphatic hydroxyl groups is 1. The first-order valence-corrected chi connectivity index (χ1v) is 5.54. The van der Waals surface area contributed by atoms with Crippen molar-refractivity contribution in [1.29, 1.82) is 0 Å². The maximum absolute atomic E-state index is 13.1. The number of hydrogen-bond donors (Lipinski definition) is 2. The molecule has 1 aliphatic carbocycles. The van der Waals surface area contributed by atoms with E-state index in [1.54, 1.807) is 0 Å². The lowest BCUT2D eigenvalue weighted by Crippen LogP contribution is -2.45. The number of aliphatic carboxylic acids is 1. The molecule has 0 fully saturated rings. The molecule has 0 saturated carbocycles. The fraction of sp³-hybridized carbons (Fsp3) is 0.462. The third kappa shape index (κ3) is 1.55. The topological polar surface area (TPSA) is 57.5 Å². The summed E-state index contributed by atoms with van der Waals surface area (Å²) in [7, 11) is 0. The van der Waals surface area contributed by atoms with Crippen molar-refractivity contribution in [2.45, 2.75) is 32.3 Å². The van der Waals surface area contributed by atoms with Gasteiger partial charge in [0, 0.05) is 0 Å². The summed E-state index contributed by atoms with van der Waals surface area (Å²) in [6.45, 7) is 2.99. The molecule has 3 nitrogen and oxygen atoms in total. The van der Waals surface area contributed by atoms with E-state index in [2.05, 4.69) is 0 Å². The van der Waals surface area contributed by atoms with Crippen LogP contribution >= 0.6 is 0 Å². The second-order valence-corrected chi connectivity index (χ2v) is 5.09. The van der Waals surface area contributed by atoms with E-state index in [-0.39, 0.29) is 5.82 Å². The maximum atomic E-state index is 13.1. The summed E-state index contributed by atoms with van der Waals surface area (Å²) in [5.74, 6) is -1.42. The van der Waals surface area contributed by atoms with Crippen LogP contribution in [0.15, 0.2) is 18.2 Å². The van der Waals surface area contributed by atoms with Crippen molar-refractivity contribution in [2.24, 2.45) is 5.41 Å². The summed E-state index contributed by atoms with van der Waals surface area (Å²) in [5, 5.41) is 19.8. The van der Waals surface area contributed by atoms with Crippen LogP contribution in [0.2, 0.25) is 0 Å². The van der Waals surface area contributed by atoms with Crippen molar-refractivity contribution in [3.63, 3.8) is 0 Å². The SMILES string of the molecule is CC(C)(C(=O)O)C1(O)CCc2cc(F)ccc21. The molecule has 1 atom stereocenters. The summed E-state index contributed by atoms with van der Waals surface area (Å²) in [4.78, 5) is 11.3. The fourth-order valence-electron chi connectivity index (χ4n) is 2.45. The molecule has 0 saturated heterocycles. The molecule has 92 valence electrons. The lowest BCUT2D eigenvalue weighted by molar-refractivity contribution is -0.166. The minimum atomic E-state index is -1.43. The molecule has 0 spiro atoms. The Balaban J connectivity index is 2.55. The lowest BCUT2D eigenvalue weighted by Gasteiger charge is -2.37. The highest BCUT2D eigenvalue weighted by Crippen LogP contribution is 2.48. The zero-order valence-corrected chi connectivity index (χ0v) is 9.83. The van der Waals surface area contributed by atoms with Gasteiger partial charge < -0.3 is 10.2 Å². The van der Waals surface area contributed by atoms with Crippen LogP contribution in [-0.4, -0.2) is 16.2 Å². The van der Waals surface area contributed by atoms with Gasteiger partial charge in [-0.15, -0.1) is 0 Å². The molecule has 1 aliphatic rings. The molecule has 2 N–H and O–H groups in total. The molecule has 2 rings (SSSR count). The normalized spacial score (nSPS) is 23.5. The summed E-state index contributed by atoms with van der Waals surface area (Å²) in [5.41, 5.74) is -1.49. The summed E-state index contributed by atoms with van der Waals surface area (Å²) in [6.07, 6.45) is 0.811. The van der Waals surface area contributed by atoms with Crippen LogP contribution in [0.5, 0.6) is 0 Å². The molecule has 0 radical (unpaired) electrons. The number of fused-ring (bicyclic) bond motifs is 1. The number of carboxylic acid groups (broad SMARTS) is 1. The van der Waals surface area contributed by atoms with Crippen LogP contribution in [0.25, 0.3) is 0 Å². The second-order valence-electron chi connectivity index (χ2n) is 5.09. The molecule has 1 unspecified atom stereocenters.